The molecule has 1 aliphatic heterocycles. The summed E-state index contributed by atoms with van der Waals surface area (Å²) in [6.45, 7) is 0.0489. The van der Waals surface area contributed by atoms with E-state index in [2.05, 4.69) is 0 Å². The zero-order valence-electron chi connectivity index (χ0n) is 9.28. The van der Waals surface area contributed by atoms with Gasteiger partial charge in [-0.3, -0.25) is 4.79 Å². The predicted octanol–water partition coefficient (Wildman–Crippen LogP) is 1.74. The molecular formula is C11H7F3O5. The van der Waals surface area contributed by atoms with Gasteiger partial charge in [0.15, 0.2) is 11.5 Å². The van der Waals surface area contributed by atoms with Gasteiger partial charge in [0.05, 0.1) is 11.1 Å². The van der Waals surface area contributed by atoms with E-state index in [-0.39, 0.29) is 19.0 Å². The Morgan fingerprint density at radius 3 is 2.37 bits per heavy atom. The smallest absolute Gasteiger partial charge is 0.417 e. The zero-order valence-corrected chi connectivity index (χ0v) is 9.28. The summed E-state index contributed by atoms with van der Waals surface area (Å²) in [4.78, 5) is 22.1. The van der Waals surface area contributed by atoms with Gasteiger partial charge < -0.3 is 14.6 Å². The van der Waals surface area contributed by atoms with Gasteiger partial charge in [-0.05, 0) is 12.1 Å². The number of hydrogen-bond donors (Lipinski definition) is 1. The fourth-order valence-corrected chi connectivity index (χ4v) is 1.68. The van der Waals surface area contributed by atoms with Crippen LogP contribution >= 0.6 is 0 Å². The first-order valence-electron chi connectivity index (χ1n) is 5.10. The number of ether oxygens (including phenoxy) is 2. The van der Waals surface area contributed by atoms with Crippen molar-refractivity contribution in [3.8, 4) is 11.5 Å². The Bertz CT molecular complexity index is 550. The standard InChI is InChI=1S/C11H7F3O5/c12-11(13,14)5-1-2-6-9(19-4-3-18-6)7(5)8(15)10(16)17/h1-2H,3-4H2,(H,16,17). The average Bonchev–Trinajstić information content (AvgIpc) is 2.35. The van der Waals surface area contributed by atoms with Crippen molar-refractivity contribution in [2.24, 2.45) is 0 Å². The molecule has 0 aliphatic carbocycles. The van der Waals surface area contributed by atoms with Crippen molar-refractivity contribution in [3.63, 3.8) is 0 Å². The number of rotatable bonds is 2. The van der Waals surface area contributed by atoms with Crippen LogP contribution in [0.2, 0.25) is 0 Å². The van der Waals surface area contributed by atoms with Gasteiger partial charge in [-0.25, -0.2) is 4.79 Å². The van der Waals surface area contributed by atoms with Crippen LogP contribution in [0.1, 0.15) is 15.9 Å². The third kappa shape index (κ3) is 2.33. The summed E-state index contributed by atoms with van der Waals surface area (Å²) in [5, 5.41) is 8.61. The SMILES string of the molecule is O=C(O)C(=O)c1c(C(F)(F)F)ccc2c1OCCO2. The monoisotopic (exact) mass is 276 g/mol. The minimum Gasteiger partial charge on any atom is -0.486 e. The van der Waals surface area contributed by atoms with Crippen molar-refractivity contribution in [2.45, 2.75) is 6.18 Å². The fraction of sp³-hybridized carbons (Fsp3) is 0.273. The molecule has 1 aliphatic rings. The largest absolute Gasteiger partial charge is 0.486 e. The van der Waals surface area contributed by atoms with Crippen LogP contribution < -0.4 is 9.47 Å². The number of benzene rings is 1. The van der Waals surface area contributed by atoms with E-state index in [4.69, 9.17) is 14.6 Å². The van der Waals surface area contributed by atoms with Crippen LogP contribution in [0, 0.1) is 0 Å². The quantitative estimate of drug-likeness (QED) is 0.658. The molecule has 1 aromatic carbocycles. The molecule has 0 atom stereocenters. The van der Waals surface area contributed by atoms with E-state index in [1.54, 1.807) is 0 Å². The second kappa shape index (κ2) is 4.45. The molecule has 0 aromatic heterocycles. The molecule has 19 heavy (non-hydrogen) atoms. The van der Waals surface area contributed by atoms with Crippen molar-refractivity contribution in [1.82, 2.24) is 0 Å². The Kier molecular flexibility index (Phi) is 3.09. The molecule has 5 nitrogen and oxygen atoms in total. The van der Waals surface area contributed by atoms with E-state index < -0.39 is 34.8 Å². The molecule has 0 unspecified atom stereocenters. The van der Waals surface area contributed by atoms with Gasteiger partial charge in [0.1, 0.15) is 13.2 Å². The first-order valence-corrected chi connectivity index (χ1v) is 5.10. The second-order valence-electron chi connectivity index (χ2n) is 3.64. The molecule has 1 heterocycles. The van der Waals surface area contributed by atoms with Crippen molar-refractivity contribution < 1.29 is 37.3 Å². The van der Waals surface area contributed by atoms with Gasteiger partial charge in [0, 0.05) is 0 Å². The number of carbonyl (C=O) groups excluding carboxylic acids is 1. The number of carboxylic acid groups (broad SMARTS) is 1. The van der Waals surface area contributed by atoms with Crippen LogP contribution in [0.4, 0.5) is 13.2 Å². The summed E-state index contributed by atoms with van der Waals surface area (Å²) < 4.78 is 48.4. The summed E-state index contributed by atoms with van der Waals surface area (Å²) in [5.74, 6) is -4.24. The minimum atomic E-state index is -4.86. The Labute approximate surface area is 104 Å². The number of Topliss-reactive ketones (excluding diaryl/α,β-unsaturated/α-hetero) is 1. The average molecular weight is 276 g/mol. The number of carbonyl (C=O) groups is 2. The summed E-state index contributed by atoms with van der Waals surface area (Å²) in [6.07, 6.45) is -4.86. The predicted molar refractivity (Wildman–Crippen MR) is 54.4 cm³/mol. The second-order valence-corrected chi connectivity index (χ2v) is 3.64. The molecule has 2 rings (SSSR count). The zero-order chi connectivity index (χ0) is 14.2. The number of fused-ring (bicyclic) bond motifs is 1. The lowest BCUT2D eigenvalue weighted by Crippen LogP contribution is -2.24. The van der Waals surface area contributed by atoms with Gasteiger partial charge >= 0.3 is 12.1 Å². The van der Waals surface area contributed by atoms with Crippen LogP contribution in [-0.2, 0) is 11.0 Å². The molecule has 0 saturated carbocycles. The van der Waals surface area contributed by atoms with E-state index in [1.165, 1.54) is 0 Å². The van der Waals surface area contributed by atoms with Crippen molar-refractivity contribution in [1.29, 1.82) is 0 Å². The molecule has 0 radical (unpaired) electrons. The minimum absolute atomic E-state index is 0.0613. The van der Waals surface area contributed by atoms with Crippen LogP contribution in [0.5, 0.6) is 11.5 Å². The molecule has 1 N–H and O–H groups in total. The Morgan fingerprint density at radius 1 is 1.16 bits per heavy atom. The number of ketones is 1. The number of hydrogen-bond acceptors (Lipinski definition) is 4. The molecule has 0 bridgehead atoms. The third-order valence-electron chi connectivity index (χ3n) is 2.44. The molecule has 0 spiro atoms. The lowest BCUT2D eigenvalue weighted by atomic mass is 10.0. The summed E-state index contributed by atoms with van der Waals surface area (Å²) in [5.41, 5.74) is -2.39. The maximum absolute atomic E-state index is 12.8. The Morgan fingerprint density at radius 2 is 1.79 bits per heavy atom. The summed E-state index contributed by atoms with van der Waals surface area (Å²) in [7, 11) is 0. The van der Waals surface area contributed by atoms with Gasteiger partial charge in [-0.15, -0.1) is 0 Å². The molecule has 1 aromatic rings. The topological polar surface area (TPSA) is 72.8 Å². The Balaban J connectivity index is 2.69. The van der Waals surface area contributed by atoms with E-state index in [0.717, 1.165) is 6.07 Å². The molecule has 8 heteroatoms. The van der Waals surface area contributed by atoms with Gasteiger partial charge in [0.25, 0.3) is 5.78 Å². The van der Waals surface area contributed by atoms with Crippen LogP contribution in [0.15, 0.2) is 12.1 Å². The van der Waals surface area contributed by atoms with Crippen molar-refractivity contribution >= 4 is 11.8 Å². The number of halogens is 3. The highest BCUT2D eigenvalue weighted by Gasteiger charge is 2.40. The van der Waals surface area contributed by atoms with Gasteiger partial charge in [-0.2, -0.15) is 13.2 Å². The van der Waals surface area contributed by atoms with E-state index in [1.807, 2.05) is 0 Å². The highest BCUT2D eigenvalue weighted by atomic mass is 19.4. The molecule has 0 amide bonds. The first kappa shape index (κ1) is 13.2. The van der Waals surface area contributed by atoms with Crippen molar-refractivity contribution in [3.05, 3.63) is 23.3 Å². The van der Waals surface area contributed by atoms with E-state index in [0.29, 0.717) is 6.07 Å². The normalized spacial score (nSPS) is 14.1. The number of aliphatic carboxylic acids is 1. The summed E-state index contributed by atoms with van der Waals surface area (Å²) >= 11 is 0. The lowest BCUT2D eigenvalue weighted by Gasteiger charge is -2.22. The van der Waals surface area contributed by atoms with E-state index in [9.17, 15) is 22.8 Å². The van der Waals surface area contributed by atoms with Crippen molar-refractivity contribution in [2.75, 3.05) is 13.2 Å². The van der Waals surface area contributed by atoms with Crippen LogP contribution in [-0.4, -0.2) is 30.1 Å². The molecule has 0 saturated heterocycles. The van der Waals surface area contributed by atoms with Gasteiger partial charge in [-0.1, -0.05) is 0 Å². The van der Waals surface area contributed by atoms with Crippen LogP contribution in [0.3, 0.4) is 0 Å². The number of alkyl halides is 3. The molecule has 0 fully saturated rings. The van der Waals surface area contributed by atoms with Gasteiger partial charge in [0.2, 0.25) is 0 Å². The maximum atomic E-state index is 12.8. The Hall–Kier alpha value is -2.25. The molecule has 102 valence electrons. The van der Waals surface area contributed by atoms with E-state index >= 15 is 0 Å². The highest BCUT2D eigenvalue weighted by Crippen LogP contribution is 2.42. The lowest BCUT2D eigenvalue weighted by molar-refractivity contribution is -0.138. The first-order chi connectivity index (χ1) is 8.82. The highest BCUT2D eigenvalue weighted by molar-refractivity contribution is 6.41. The fourth-order valence-electron chi connectivity index (χ4n) is 1.68. The third-order valence-corrected chi connectivity index (χ3v) is 2.44. The number of carboxylic acids is 1. The summed E-state index contributed by atoms with van der Waals surface area (Å²) in [6, 6.07) is 1.60. The van der Waals surface area contributed by atoms with Crippen LogP contribution in [0.25, 0.3) is 0 Å². The maximum Gasteiger partial charge on any atom is 0.417 e. The molecular weight excluding hydrogens is 269 g/mol.